The minimum Gasteiger partial charge on any atom is -0.309 e. The molecule has 0 saturated heterocycles. The number of hydrogen-bond acceptors (Lipinski definition) is 2. The predicted octanol–water partition coefficient (Wildman–Crippen LogP) is 5.12. The summed E-state index contributed by atoms with van der Waals surface area (Å²) in [6.07, 6.45) is 3.87. The largest absolute Gasteiger partial charge is 0.309 e. The maximum atomic E-state index is 3.79. The number of aryl methyl sites for hydroxylation is 1. The molecule has 3 rings (SSSR count). The summed E-state index contributed by atoms with van der Waals surface area (Å²) in [6, 6.07) is 13.7. The number of benzene rings is 1. The van der Waals surface area contributed by atoms with Crippen LogP contribution in [0, 0.1) is 2.88 Å². The van der Waals surface area contributed by atoms with Gasteiger partial charge in [-0.25, -0.2) is 0 Å². The number of halogens is 1. The van der Waals surface area contributed by atoms with Crippen LogP contribution < -0.4 is 5.32 Å². The summed E-state index contributed by atoms with van der Waals surface area (Å²) in [7, 11) is 0. The minimum absolute atomic E-state index is 0.560. The molecule has 0 radical (unpaired) electrons. The zero-order valence-corrected chi connectivity index (χ0v) is 14.7. The van der Waals surface area contributed by atoms with Crippen LogP contribution in [0.3, 0.4) is 0 Å². The molecule has 1 heterocycles. The zero-order valence-electron chi connectivity index (χ0n) is 11.7. The van der Waals surface area contributed by atoms with E-state index in [2.05, 4.69) is 71.2 Å². The van der Waals surface area contributed by atoms with E-state index in [-0.39, 0.29) is 0 Å². The topological polar surface area (TPSA) is 12.0 Å². The number of hydrogen-bond donors (Lipinski definition) is 1. The quantitative estimate of drug-likeness (QED) is 0.706. The van der Waals surface area contributed by atoms with Crippen molar-refractivity contribution in [3.63, 3.8) is 0 Å². The second-order valence-electron chi connectivity index (χ2n) is 5.59. The van der Waals surface area contributed by atoms with E-state index >= 15 is 0 Å². The van der Waals surface area contributed by atoms with E-state index in [1.807, 2.05) is 11.3 Å². The van der Waals surface area contributed by atoms with Crippen LogP contribution in [0.25, 0.3) is 0 Å². The Hall–Kier alpha value is -0.390. The smallest absolute Gasteiger partial charge is 0.0659 e. The van der Waals surface area contributed by atoms with Crippen LogP contribution >= 0.6 is 33.9 Å². The summed E-state index contributed by atoms with van der Waals surface area (Å²) >= 11 is 4.42. The molecule has 1 nitrogen and oxygen atoms in total. The molecule has 20 heavy (non-hydrogen) atoms. The second-order valence-corrected chi connectivity index (χ2v) is 8.62. The maximum Gasteiger partial charge on any atom is 0.0659 e. The first-order valence-corrected chi connectivity index (χ1v) is 9.20. The molecule has 0 fully saturated rings. The summed E-state index contributed by atoms with van der Waals surface area (Å²) < 4.78 is 1.43. The average Bonchev–Trinajstić information content (AvgIpc) is 2.86. The van der Waals surface area contributed by atoms with Crippen LogP contribution in [0.4, 0.5) is 0 Å². The van der Waals surface area contributed by atoms with Crippen LogP contribution in [0.5, 0.6) is 0 Å². The third-order valence-corrected chi connectivity index (χ3v) is 6.09. The van der Waals surface area contributed by atoms with Gasteiger partial charge in [0.25, 0.3) is 0 Å². The number of thiophene rings is 1. The van der Waals surface area contributed by atoms with Gasteiger partial charge in [-0.05, 0) is 65.0 Å². The van der Waals surface area contributed by atoms with Crippen molar-refractivity contribution in [3.8, 4) is 0 Å². The van der Waals surface area contributed by atoms with Gasteiger partial charge in [-0.3, -0.25) is 0 Å². The van der Waals surface area contributed by atoms with Crippen LogP contribution in [0.1, 0.15) is 47.7 Å². The lowest BCUT2D eigenvalue weighted by Crippen LogP contribution is -2.27. The molecule has 1 aliphatic rings. The van der Waals surface area contributed by atoms with Crippen LogP contribution in [0.15, 0.2) is 36.4 Å². The third kappa shape index (κ3) is 3.26. The first-order chi connectivity index (χ1) is 9.74. The Balaban J connectivity index is 1.65. The van der Waals surface area contributed by atoms with Crippen molar-refractivity contribution in [2.24, 2.45) is 0 Å². The molecule has 2 aromatic rings. The van der Waals surface area contributed by atoms with Crippen molar-refractivity contribution < 1.29 is 0 Å². The fraction of sp³-hybridized carbons (Fsp3) is 0.412. The van der Waals surface area contributed by atoms with Crippen molar-refractivity contribution in [2.75, 3.05) is 6.54 Å². The van der Waals surface area contributed by atoms with Crippen molar-refractivity contribution in [3.05, 3.63) is 55.3 Å². The number of fused-ring (bicyclic) bond motifs is 1. The zero-order chi connectivity index (χ0) is 13.9. The van der Waals surface area contributed by atoms with Gasteiger partial charge in [0.15, 0.2) is 0 Å². The van der Waals surface area contributed by atoms with E-state index in [0.717, 1.165) is 6.54 Å². The van der Waals surface area contributed by atoms with Gasteiger partial charge in [-0.1, -0.05) is 37.3 Å². The molecule has 2 unspecified atom stereocenters. The SMILES string of the molecule is CC(CNC1CCCc2sc(I)cc21)c1ccccc1. The van der Waals surface area contributed by atoms with Crippen molar-refractivity contribution in [2.45, 2.75) is 38.1 Å². The molecule has 1 N–H and O–H groups in total. The van der Waals surface area contributed by atoms with E-state index < -0.39 is 0 Å². The molecule has 1 aromatic heterocycles. The van der Waals surface area contributed by atoms with Gasteiger partial charge in [-0.2, -0.15) is 0 Å². The highest BCUT2D eigenvalue weighted by Crippen LogP contribution is 2.36. The lowest BCUT2D eigenvalue weighted by Gasteiger charge is -2.25. The Labute approximate surface area is 138 Å². The Morgan fingerprint density at radius 1 is 1.35 bits per heavy atom. The summed E-state index contributed by atoms with van der Waals surface area (Å²) in [5.41, 5.74) is 2.99. The van der Waals surface area contributed by atoms with Crippen LogP contribution in [0.2, 0.25) is 0 Å². The van der Waals surface area contributed by atoms with Gasteiger partial charge in [0, 0.05) is 17.5 Å². The summed E-state index contributed by atoms with van der Waals surface area (Å²) in [6.45, 7) is 3.37. The molecule has 0 aliphatic heterocycles. The first kappa shape index (κ1) is 14.5. The summed E-state index contributed by atoms with van der Waals surface area (Å²) in [4.78, 5) is 1.60. The Morgan fingerprint density at radius 2 is 2.15 bits per heavy atom. The van der Waals surface area contributed by atoms with Gasteiger partial charge in [0.1, 0.15) is 0 Å². The van der Waals surface area contributed by atoms with Gasteiger partial charge >= 0.3 is 0 Å². The molecule has 106 valence electrons. The second kappa shape index (κ2) is 6.58. The van der Waals surface area contributed by atoms with Crippen molar-refractivity contribution in [1.82, 2.24) is 5.32 Å². The Kier molecular flexibility index (Phi) is 4.79. The van der Waals surface area contributed by atoms with Gasteiger partial charge in [-0.15, -0.1) is 11.3 Å². The number of nitrogens with one attached hydrogen (secondary N) is 1. The molecular formula is C17H20INS. The van der Waals surface area contributed by atoms with Crippen molar-refractivity contribution in [1.29, 1.82) is 0 Å². The lowest BCUT2D eigenvalue weighted by molar-refractivity contribution is 0.449. The highest BCUT2D eigenvalue weighted by molar-refractivity contribution is 14.1. The molecule has 3 heteroatoms. The molecule has 0 saturated carbocycles. The Bertz CT molecular complexity index is 564. The first-order valence-electron chi connectivity index (χ1n) is 7.30. The normalized spacial score (nSPS) is 19.6. The predicted molar refractivity (Wildman–Crippen MR) is 95.6 cm³/mol. The van der Waals surface area contributed by atoms with Gasteiger partial charge in [0.05, 0.1) is 2.88 Å². The highest BCUT2D eigenvalue weighted by Gasteiger charge is 2.22. The van der Waals surface area contributed by atoms with E-state index in [4.69, 9.17) is 0 Å². The van der Waals surface area contributed by atoms with Crippen LogP contribution in [-0.2, 0) is 6.42 Å². The fourth-order valence-electron chi connectivity index (χ4n) is 2.95. The molecule has 0 bridgehead atoms. The van der Waals surface area contributed by atoms with E-state index in [1.165, 1.54) is 27.7 Å². The fourth-order valence-corrected chi connectivity index (χ4v) is 5.07. The molecule has 2 atom stereocenters. The monoisotopic (exact) mass is 397 g/mol. The van der Waals surface area contributed by atoms with E-state index in [9.17, 15) is 0 Å². The lowest BCUT2D eigenvalue weighted by atomic mass is 9.93. The van der Waals surface area contributed by atoms with E-state index in [0.29, 0.717) is 12.0 Å². The minimum atomic E-state index is 0.560. The Morgan fingerprint density at radius 3 is 2.95 bits per heavy atom. The van der Waals surface area contributed by atoms with Gasteiger partial charge < -0.3 is 5.32 Å². The van der Waals surface area contributed by atoms with Crippen molar-refractivity contribution >= 4 is 33.9 Å². The molecule has 0 spiro atoms. The average molecular weight is 397 g/mol. The summed E-state index contributed by atoms with van der Waals surface area (Å²) in [5.74, 6) is 0.569. The summed E-state index contributed by atoms with van der Waals surface area (Å²) in [5, 5.41) is 3.79. The molecule has 0 amide bonds. The van der Waals surface area contributed by atoms with Gasteiger partial charge in [0.2, 0.25) is 0 Å². The maximum absolute atomic E-state index is 3.79. The number of rotatable bonds is 4. The molecule has 1 aliphatic carbocycles. The molecular weight excluding hydrogens is 377 g/mol. The standard InChI is InChI=1S/C17H20INS/c1-12(13-6-3-2-4-7-13)11-19-15-8-5-9-16-14(15)10-17(18)20-16/h2-4,6-7,10,12,15,19H,5,8-9,11H2,1H3. The van der Waals surface area contributed by atoms with Crippen LogP contribution in [-0.4, -0.2) is 6.54 Å². The van der Waals surface area contributed by atoms with E-state index in [1.54, 1.807) is 10.4 Å². The highest BCUT2D eigenvalue weighted by atomic mass is 127. The molecule has 1 aromatic carbocycles. The third-order valence-electron chi connectivity index (χ3n) is 4.12.